The van der Waals surface area contributed by atoms with Crippen LogP contribution in [0.25, 0.3) is 0 Å². The van der Waals surface area contributed by atoms with Gasteiger partial charge in [0.1, 0.15) is 0 Å². The van der Waals surface area contributed by atoms with E-state index in [4.69, 9.17) is 0 Å². The fourth-order valence-corrected chi connectivity index (χ4v) is 13.1. The summed E-state index contributed by atoms with van der Waals surface area (Å²) in [6.45, 7) is 0. The van der Waals surface area contributed by atoms with E-state index in [2.05, 4.69) is 120 Å². The van der Waals surface area contributed by atoms with Crippen molar-refractivity contribution in [3.05, 3.63) is 181 Å². The van der Waals surface area contributed by atoms with E-state index in [-0.39, 0.29) is 23.9 Å². The molecular formula is C46H42N2O2P2. The zero-order valence-corrected chi connectivity index (χ0v) is 30.8. The van der Waals surface area contributed by atoms with E-state index < -0.39 is 15.8 Å². The zero-order valence-electron chi connectivity index (χ0n) is 29.0. The molecule has 6 heteroatoms. The minimum Gasteiger partial charge on any atom is -0.347 e. The Kier molecular flexibility index (Phi) is 10.4. The van der Waals surface area contributed by atoms with E-state index in [0.29, 0.717) is 23.0 Å². The second-order valence-electron chi connectivity index (χ2n) is 13.7. The van der Waals surface area contributed by atoms with Crippen LogP contribution in [0.2, 0.25) is 0 Å². The third kappa shape index (κ3) is 7.11. The number of hydrogen-bond donors (Lipinski definition) is 2. The van der Waals surface area contributed by atoms with E-state index in [1.54, 1.807) is 0 Å². The Hall–Kier alpha value is -4.88. The monoisotopic (exact) mass is 716 g/mol. The molecule has 52 heavy (non-hydrogen) atoms. The molecule has 2 atom stereocenters. The minimum absolute atomic E-state index is 0.0659. The molecule has 258 valence electrons. The second kappa shape index (κ2) is 15.8. The van der Waals surface area contributed by atoms with Crippen LogP contribution < -0.4 is 42.5 Å². The van der Waals surface area contributed by atoms with Gasteiger partial charge in [0, 0.05) is 11.1 Å². The highest BCUT2D eigenvalue weighted by Gasteiger charge is 2.45. The number of hydrogen-bond acceptors (Lipinski definition) is 2. The number of rotatable bonds is 10. The van der Waals surface area contributed by atoms with Crippen molar-refractivity contribution in [2.24, 2.45) is 11.8 Å². The van der Waals surface area contributed by atoms with Gasteiger partial charge in [-0.3, -0.25) is 9.59 Å². The zero-order chi connectivity index (χ0) is 35.3. The smallest absolute Gasteiger partial charge is 0.252 e. The molecule has 6 aromatic carbocycles. The average Bonchev–Trinajstić information content (AvgIpc) is 3.21. The lowest BCUT2D eigenvalue weighted by molar-refractivity contribution is 0.0565. The first-order chi connectivity index (χ1) is 25.7. The van der Waals surface area contributed by atoms with Crippen molar-refractivity contribution < 1.29 is 9.59 Å². The van der Waals surface area contributed by atoms with Crippen molar-refractivity contribution in [3.63, 3.8) is 0 Å². The maximum absolute atomic E-state index is 14.5. The Morgan fingerprint density at radius 1 is 0.385 bits per heavy atom. The summed E-state index contributed by atoms with van der Waals surface area (Å²) in [5.41, 5.74) is 1.41. The van der Waals surface area contributed by atoms with Gasteiger partial charge in [-0.2, -0.15) is 0 Å². The normalized spacial score (nSPS) is 19.3. The first kappa shape index (κ1) is 34.2. The third-order valence-corrected chi connectivity index (χ3v) is 15.7. The standard InChI is InChI=1S/C46H42N2O2P2/c49-45(39-25-13-15-27-41(39)51(35-17-5-1-6-18-35)36-19-7-2-8-20-36)47-43-33-29-31-34(32-30-33)44(43)48-46(50)40-26-14-16-28-42(40)52(37-21-9-3-10-22-37)38-23-11-4-12-24-38/h1-28,33-34,43-44H,29-32H2,(H,47,49)(H,48,50)/t33?,34?,43-,44-/m1/s1. The Morgan fingerprint density at radius 3 is 0.962 bits per heavy atom. The number of fused-ring (bicyclic) bond motifs is 3. The van der Waals surface area contributed by atoms with Gasteiger partial charge in [0.05, 0.1) is 12.1 Å². The molecule has 0 aromatic heterocycles. The summed E-state index contributed by atoms with van der Waals surface area (Å²) in [6, 6.07) is 57.9. The van der Waals surface area contributed by atoms with Crippen LogP contribution in [0.1, 0.15) is 46.4 Å². The molecule has 3 saturated carbocycles. The summed E-state index contributed by atoms with van der Waals surface area (Å²) in [5, 5.41) is 13.9. The fraction of sp³-hybridized carbons (Fsp3) is 0.174. The number of benzene rings is 6. The van der Waals surface area contributed by atoms with Gasteiger partial charge in [-0.1, -0.05) is 158 Å². The van der Waals surface area contributed by atoms with E-state index in [1.165, 1.54) is 21.2 Å². The Morgan fingerprint density at radius 2 is 0.654 bits per heavy atom. The quantitative estimate of drug-likeness (QED) is 0.151. The molecule has 0 aliphatic heterocycles. The summed E-state index contributed by atoms with van der Waals surface area (Å²) < 4.78 is 0. The Bertz CT molecular complexity index is 1890. The van der Waals surface area contributed by atoms with E-state index >= 15 is 0 Å². The van der Waals surface area contributed by atoms with Gasteiger partial charge >= 0.3 is 0 Å². The highest BCUT2D eigenvalue weighted by Crippen LogP contribution is 2.42. The van der Waals surface area contributed by atoms with Gasteiger partial charge in [-0.25, -0.2) is 0 Å². The Balaban J connectivity index is 1.10. The molecule has 9 rings (SSSR count). The topological polar surface area (TPSA) is 58.2 Å². The van der Waals surface area contributed by atoms with Gasteiger partial charge in [0.25, 0.3) is 11.8 Å². The first-order valence-corrected chi connectivity index (χ1v) is 20.9. The van der Waals surface area contributed by atoms with Crippen LogP contribution in [-0.2, 0) is 0 Å². The number of carbonyl (C=O) groups is 2. The Labute approximate surface area is 309 Å². The molecule has 4 nitrogen and oxygen atoms in total. The van der Waals surface area contributed by atoms with Gasteiger partial charge in [-0.15, -0.1) is 0 Å². The third-order valence-electron chi connectivity index (χ3n) is 10.7. The molecule has 6 aromatic rings. The summed E-state index contributed by atoms with van der Waals surface area (Å²) in [5.74, 6) is 0.502. The summed E-state index contributed by atoms with van der Waals surface area (Å²) >= 11 is 0. The predicted octanol–water partition coefficient (Wildman–Crippen LogP) is 6.92. The van der Waals surface area contributed by atoms with Crippen LogP contribution in [0.4, 0.5) is 0 Å². The van der Waals surface area contributed by atoms with Crippen LogP contribution in [0.3, 0.4) is 0 Å². The molecule has 3 aliphatic rings. The predicted molar refractivity (Wildman–Crippen MR) is 218 cm³/mol. The van der Waals surface area contributed by atoms with Crippen molar-refractivity contribution in [2.75, 3.05) is 0 Å². The fourth-order valence-electron chi connectivity index (χ4n) is 8.21. The average molecular weight is 717 g/mol. The van der Waals surface area contributed by atoms with Gasteiger partial charge in [0.15, 0.2) is 0 Å². The molecule has 2 amide bonds. The maximum Gasteiger partial charge on any atom is 0.252 e. The molecule has 0 radical (unpaired) electrons. The molecule has 2 bridgehead atoms. The highest BCUT2D eigenvalue weighted by molar-refractivity contribution is 7.80. The van der Waals surface area contributed by atoms with Crippen LogP contribution in [0, 0.1) is 11.8 Å². The van der Waals surface area contributed by atoms with Crippen molar-refractivity contribution in [1.82, 2.24) is 10.6 Å². The molecule has 0 heterocycles. The highest BCUT2D eigenvalue weighted by atomic mass is 31.1. The summed E-state index contributed by atoms with van der Waals surface area (Å²) in [7, 11) is -1.92. The number of nitrogens with one attached hydrogen (secondary N) is 2. The van der Waals surface area contributed by atoms with Gasteiger partial charge < -0.3 is 10.6 Å². The van der Waals surface area contributed by atoms with Crippen LogP contribution in [-0.4, -0.2) is 23.9 Å². The van der Waals surface area contributed by atoms with Gasteiger partial charge in [-0.05, 0) is 97.3 Å². The van der Waals surface area contributed by atoms with Crippen molar-refractivity contribution in [1.29, 1.82) is 0 Å². The minimum atomic E-state index is -0.961. The first-order valence-electron chi connectivity index (χ1n) is 18.3. The molecule has 0 saturated heterocycles. The van der Waals surface area contributed by atoms with Crippen molar-refractivity contribution >= 4 is 59.5 Å². The SMILES string of the molecule is O=C(N[C@@H]1C2CCC(CC2)[C@H]1NC(=O)c1ccccc1P(c1ccccc1)c1ccccc1)c1ccccc1P(c1ccccc1)c1ccccc1. The lowest BCUT2D eigenvalue weighted by atomic mass is 9.64. The molecule has 0 unspecified atom stereocenters. The molecule has 0 spiro atoms. The van der Waals surface area contributed by atoms with Crippen LogP contribution >= 0.6 is 15.8 Å². The maximum atomic E-state index is 14.5. The summed E-state index contributed by atoms with van der Waals surface area (Å²) in [6.07, 6.45) is 4.26. The molecule has 2 N–H and O–H groups in total. The molecule has 3 aliphatic carbocycles. The van der Waals surface area contributed by atoms with E-state index in [9.17, 15) is 9.59 Å². The van der Waals surface area contributed by atoms with Crippen LogP contribution in [0.5, 0.6) is 0 Å². The molecule has 3 fully saturated rings. The van der Waals surface area contributed by atoms with Crippen LogP contribution in [0.15, 0.2) is 170 Å². The van der Waals surface area contributed by atoms with E-state index in [1.807, 2.05) is 60.7 Å². The molecular weight excluding hydrogens is 674 g/mol. The second-order valence-corrected chi connectivity index (χ2v) is 18.1. The van der Waals surface area contributed by atoms with E-state index in [0.717, 1.165) is 36.3 Å². The largest absolute Gasteiger partial charge is 0.347 e. The number of carbonyl (C=O) groups excluding carboxylic acids is 2. The lowest BCUT2D eigenvalue weighted by Crippen LogP contribution is -2.63. The lowest BCUT2D eigenvalue weighted by Gasteiger charge is -2.49. The summed E-state index contributed by atoms with van der Waals surface area (Å²) in [4.78, 5) is 29.0. The van der Waals surface area contributed by atoms with Crippen molar-refractivity contribution in [3.8, 4) is 0 Å². The number of amides is 2. The van der Waals surface area contributed by atoms with Crippen molar-refractivity contribution in [2.45, 2.75) is 37.8 Å². The van der Waals surface area contributed by atoms with Gasteiger partial charge in [0.2, 0.25) is 0 Å².